The number of carbonyl (C=O) groups is 2. The van der Waals surface area contributed by atoms with Crippen molar-refractivity contribution in [3.05, 3.63) is 70.3 Å². The highest BCUT2D eigenvalue weighted by molar-refractivity contribution is 6.34. The Balaban J connectivity index is 1.98. The number of hydrazone groups is 1. The van der Waals surface area contributed by atoms with Crippen molar-refractivity contribution in [3.8, 4) is 0 Å². The fraction of sp³-hybridized carbons (Fsp3) is 0.0556. The average molecular weight is 341 g/mol. The van der Waals surface area contributed by atoms with E-state index in [2.05, 4.69) is 5.10 Å². The highest BCUT2D eigenvalue weighted by atomic mass is 35.5. The SMILES string of the molecule is CC1=NN(c2ccc(Cl)c(C(=O)O)c2)C(=O)C1=Cc1ccccc1. The average Bonchev–Trinajstić information content (AvgIpc) is 2.84. The molecule has 0 radical (unpaired) electrons. The van der Waals surface area contributed by atoms with Crippen LogP contribution in [0.3, 0.4) is 0 Å². The minimum atomic E-state index is -1.16. The fourth-order valence-corrected chi connectivity index (χ4v) is 2.58. The number of hydrogen-bond acceptors (Lipinski definition) is 3. The second-order valence-electron chi connectivity index (χ2n) is 5.24. The lowest BCUT2D eigenvalue weighted by atomic mass is 10.1. The number of amides is 1. The van der Waals surface area contributed by atoms with E-state index in [-0.39, 0.29) is 16.5 Å². The van der Waals surface area contributed by atoms with Crippen molar-refractivity contribution in [2.75, 3.05) is 5.01 Å². The quantitative estimate of drug-likeness (QED) is 0.863. The van der Waals surface area contributed by atoms with Crippen LogP contribution in [-0.2, 0) is 4.79 Å². The second kappa shape index (κ2) is 6.29. The van der Waals surface area contributed by atoms with Crippen LogP contribution in [0, 0.1) is 0 Å². The van der Waals surface area contributed by atoms with Crippen molar-refractivity contribution in [3.63, 3.8) is 0 Å². The molecule has 0 aliphatic carbocycles. The van der Waals surface area contributed by atoms with E-state index < -0.39 is 5.97 Å². The summed E-state index contributed by atoms with van der Waals surface area (Å²) in [7, 11) is 0. The van der Waals surface area contributed by atoms with Gasteiger partial charge in [-0.25, -0.2) is 4.79 Å². The van der Waals surface area contributed by atoms with E-state index in [4.69, 9.17) is 16.7 Å². The van der Waals surface area contributed by atoms with E-state index in [0.717, 1.165) is 5.56 Å². The van der Waals surface area contributed by atoms with Gasteiger partial charge in [-0.05, 0) is 36.8 Å². The van der Waals surface area contributed by atoms with E-state index in [9.17, 15) is 9.59 Å². The molecule has 0 aromatic heterocycles. The van der Waals surface area contributed by atoms with Gasteiger partial charge in [-0.3, -0.25) is 4.79 Å². The van der Waals surface area contributed by atoms with Crippen LogP contribution < -0.4 is 5.01 Å². The number of carboxylic acids is 1. The fourth-order valence-electron chi connectivity index (χ4n) is 2.38. The van der Waals surface area contributed by atoms with Crippen molar-refractivity contribution in [1.29, 1.82) is 0 Å². The summed E-state index contributed by atoms with van der Waals surface area (Å²) in [6.45, 7) is 1.74. The maximum Gasteiger partial charge on any atom is 0.337 e. The molecule has 0 spiro atoms. The third-order valence-electron chi connectivity index (χ3n) is 3.60. The molecule has 5 nitrogen and oxygen atoms in total. The zero-order valence-electron chi connectivity index (χ0n) is 12.7. The van der Waals surface area contributed by atoms with Gasteiger partial charge in [0.2, 0.25) is 0 Å². The van der Waals surface area contributed by atoms with Gasteiger partial charge in [-0.2, -0.15) is 10.1 Å². The van der Waals surface area contributed by atoms with Crippen LogP contribution >= 0.6 is 11.6 Å². The van der Waals surface area contributed by atoms with Crippen molar-refractivity contribution in [2.24, 2.45) is 5.10 Å². The monoisotopic (exact) mass is 340 g/mol. The minimum absolute atomic E-state index is 0.0738. The summed E-state index contributed by atoms with van der Waals surface area (Å²) in [6, 6.07) is 13.8. The molecule has 0 unspecified atom stereocenters. The first kappa shape index (κ1) is 16.0. The molecular formula is C18H13ClN2O3. The molecule has 3 rings (SSSR count). The lowest BCUT2D eigenvalue weighted by molar-refractivity contribution is -0.114. The minimum Gasteiger partial charge on any atom is -0.478 e. The molecule has 0 atom stereocenters. The van der Waals surface area contributed by atoms with Gasteiger partial charge < -0.3 is 5.11 Å². The van der Waals surface area contributed by atoms with Crippen LogP contribution in [0.1, 0.15) is 22.8 Å². The summed E-state index contributed by atoms with van der Waals surface area (Å²) in [6.07, 6.45) is 1.76. The molecule has 1 aliphatic rings. The molecule has 0 fully saturated rings. The molecule has 120 valence electrons. The Morgan fingerprint density at radius 1 is 1.21 bits per heavy atom. The van der Waals surface area contributed by atoms with Crippen molar-refractivity contribution >= 4 is 41.0 Å². The Hall–Kier alpha value is -2.92. The van der Waals surface area contributed by atoms with E-state index in [0.29, 0.717) is 17.0 Å². The molecule has 0 bridgehead atoms. The predicted molar refractivity (Wildman–Crippen MR) is 93.4 cm³/mol. The number of halogens is 1. The normalized spacial score (nSPS) is 15.8. The number of aromatic carboxylic acids is 1. The van der Waals surface area contributed by atoms with Crippen LogP contribution in [-0.4, -0.2) is 22.7 Å². The summed E-state index contributed by atoms with van der Waals surface area (Å²) < 4.78 is 0. The van der Waals surface area contributed by atoms with Crippen LogP contribution in [0.15, 0.2) is 59.2 Å². The molecule has 24 heavy (non-hydrogen) atoms. The summed E-state index contributed by atoms with van der Waals surface area (Å²) in [4.78, 5) is 23.9. The zero-order valence-corrected chi connectivity index (χ0v) is 13.5. The first-order valence-corrected chi connectivity index (χ1v) is 7.55. The molecule has 1 amide bonds. The highest BCUT2D eigenvalue weighted by Crippen LogP contribution is 2.28. The van der Waals surface area contributed by atoms with Gasteiger partial charge in [-0.15, -0.1) is 0 Å². The maximum absolute atomic E-state index is 12.6. The third-order valence-corrected chi connectivity index (χ3v) is 3.93. The number of hydrogen-bond donors (Lipinski definition) is 1. The molecule has 2 aromatic carbocycles. The second-order valence-corrected chi connectivity index (χ2v) is 5.65. The topological polar surface area (TPSA) is 70.0 Å². The summed E-state index contributed by atoms with van der Waals surface area (Å²) >= 11 is 5.87. The highest BCUT2D eigenvalue weighted by Gasteiger charge is 2.29. The first-order chi connectivity index (χ1) is 11.5. The van der Waals surface area contributed by atoms with Gasteiger partial charge in [0.05, 0.1) is 27.6 Å². The summed E-state index contributed by atoms with van der Waals surface area (Å²) in [5.41, 5.74) is 2.20. The smallest absolute Gasteiger partial charge is 0.337 e. The van der Waals surface area contributed by atoms with Gasteiger partial charge in [0.25, 0.3) is 5.91 Å². The lowest BCUT2D eigenvalue weighted by Crippen LogP contribution is -2.21. The number of nitrogens with zero attached hydrogens (tertiary/aromatic N) is 2. The van der Waals surface area contributed by atoms with E-state index in [1.807, 2.05) is 30.3 Å². The van der Waals surface area contributed by atoms with Crippen LogP contribution in [0.5, 0.6) is 0 Å². The standard InChI is InChI=1S/C18H13ClN2O3/c1-11-14(9-12-5-3-2-4-6-12)17(22)21(20-11)13-7-8-16(19)15(10-13)18(23)24/h2-10H,1H3,(H,23,24). The number of carboxylic acid groups (broad SMARTS) is 1. The van der Waals surface area contributed by atoms with Gasteiger partial charge in [-0.1, -0.05) is 41.9 Å². The molecule has 1 aliphatic heterocycles. The van der Waals surface area contributed by atoms with E-state index in [1.165, 1.54) is 17.1 Å². The van der Waals surface area contributed by atoms with E-state index in [1.54, 1.807) is 19.1 Å². The number of benzene rings is 2. The third kappa shape index (κ3) is 2.94. The van der Waals surface area contributed by atoms with Crippen LogP contribution in [0.2, 0.25) is 5.02 Å². The Bertz CT molecular complexity index is 888. The molecule has 1 N–H and O–H groups in total. The summed E-state index contributed by atoms with van der Waals surface area (Å²) in [5.74, 6) is -1.47. The van der Waals surface area contributed by atoms with Gasteiger partial charge in [0.1, 0.15) is 0 Å². The van der Waals surface area contributed by atoms with Crippen molar-refractivity contribution in [1.82, 2.24) is 0 Å². The Labute approximate surface area is 143 Å². The Kier molecular flexibility index (Phi) is 4.18. The Morgan fingerprint density at radius 2 is 1.92 bits per heavy atom. The molecular weight excluding hydrogens is 328 g/mol. The van der Waals surface area contributed by atoms with Gasteiger partial charge in [0, 0.05) is 0 Å². The predicted octanol–water partition coefficient (Wildman–Crippen LogP) is 3.84. The lowest BCUT2D eigenvalue weighted by Gasteiger charge is -2.13. The number of rotatable bonds is 3. The molecule has 0 saturated heterocycles. The largest absolute Gasteiger partial charge is 0.478 e. The number of carbonyl (C=O) groups excluding carboxylic acids is 1. The zero-order chi connectivity index (χ0) is 17.3. The molecule has 0 saturated carbocycles. The molecule has 1 heterocycles. The van der Waals surface area contributed by atoms with Gasteiger partial charge in [0.15, 0.2) is 0 Å². The first-order valence-electron chi connectivity index (χ1n) is 7.17. The van der Waals surface area contributed by atoms with Crippen LogP contribution in [0.25, 0.3) is 6.08 Å². The molecule has 6 heteroatoms. The van der Waals surface area contributed by atoms with Crippen molar-refractivity contribution < 1.29 is 14.7 Å². The maximum atomic E-state index is 12.6. The Morgan fingerprint density at radius 3 is 2.58 bits per heavy atom. The number of anilines is 1. The van der Waals surface area contributed by atoms with Crippen molar-refractivity contribution in [2.45, 2.75) is 6.92 Å². The summed E-state index contributed by atoms with van der Waals surface area (Å²) in [5, 5.41) is 14.7. The molecule has 2 aromatic rings. The van der Waals surface area contributed by atoms with Gasteiger partial charge >= 0.3 is 5.97 Å². The van der Waals surface area contributed by atoms with Crippen LogP contribution in [0.4, 0.5) is 5.69 Å². The van der Waals surface area contributed by atoms with E-state index >= 15 is 0 Å².